The summed E-state index contributed by atoms with van der Waals surface area (Å²) < 4.78 is 12.8. The number of carbonyl (C=O) groups is 3. The molecule has 4 aliphatic rings. The molecule has 0 aromatic carbocycles. The van der Waals surface area contributed by atoms with Gasteiger partial charge in [-0.15, -0.1) is 0 Å². The Labute approximate surface area is 240 Å². The number of ether oxygens (including phenoxy) is 2. The average molecular weight is 559 g/mol. The molecule has 4 aliphatic heterocycles. The molecule has 1 N–H and O–H groups in total. The second-order valence-electron chi connectivity index (χ2n) is 14.3. The Hall–Kier alpha value is -2.19. The monoisotopic (exact) mass is 558 g/mol. The molecule has 0 saturated carbocycles. The van der Waals surface area contributed by atoms with Crippen LogP contribution in [0.1, 0.15) is 87.5 Å². The third kappa shape index (κ3) is 5.04. The second kappa shape index (κ2) is 10.9. The van der Waals surface area contributed by atoms with Crippen molar-refractivity contribution < 1.29 is 29.0 Å². The summed E-state index contributed by atoms with van der Waals surface area (Å²) in [6.45, 7) is 16.8. The number of allylic oxidation sites excluding steroid dienone is 1. The zero-order valence-electron chi connectivity index (χ0n) is 25.7. The first-order valence-corrected chi connectivity index (χ1v) is 15.1. The Kier molecular flexibility index (Phi) is 8.38. The number of hydrogen-bond donors (Lipinski definition) is 1. The van der Waals surface area contributed by atoms with E-state index in [9.17, 15) is 19.5 Å². The van der Waals surface area contributed by atoms with E-state index < -0.39 is 46.6 Å². The zero-order valence-corrected chi connectivity index (χ0v) is 25.7. The predicted octanol–water partition coefficient (Wildman–Crippen LogP) is 4.26. The Morgan fingerprint density at radius 2 is 1.73 bits per heavy atom. The second-order valence-corrected chi connectivity index (χ2v) is 14.3. The lowest BCUT2D eigenvalue weighted by Gasteiger charge is -2.46. The number of carbonyl (C=O) groups excluding carboxylic acids is 3. The zero-order chi connectivity index (χ0) is 29.7. The van der Waals surface area contributed by atoms with Gasteiger partial charge >= 0.3 is 5.97 Å². The smallest absolute Gasteiger partial charge is 0.313 e. The number of likely N-dealkylation sites (tertiary alicyclic amines) is 1. The molecule has 1 spiro atoms. The summed E-state index contributed by atoms with van der Waals surface area (Å²) >= 11 is 0. The molecule has 1 unspecified atom stereocenters. The number of nitrogens with zero attached hydrogens (tertiary/aromatic N) is 2. The molecule has 2 fully saturated rings. The van der Waals surface area contributed by atoms with E-state index in [1.807, 2.05) is 43.9 Å². The van der Waals surface area contributed by atoms with E-state index >= 15 is 0 Å². The summed E-state index contributed by atoms with van der Waals surface area (Å²) in [5, 5.41) is 10.5. The summed E-state index contributed by atoms with van der Waals surface area (Å²) in [6.07, 6.45) is 11.5. The van der Waals surface area contributed by atoms with Crippen molar-refractivity contribution in [1.29, 1.82) is 0 Å². The molecule has 2 amide bonds. The highest BCUT2D eigenvalue weighted by Crippen LogP contribution is 2.59. The van der Waals surface area contributed by atoms with Crippen LogP contribution < -0.4 is 0 Å². The molecule has 2 saturated heterocycles. The van der Waals surface area contributed by atoms with Crippen molar-refractivity contribution in [2.75, 3.05) is 19.8 Å². The van der Waals surface area contributed by atoms with Crippen LogP contribution >= 0.6 is 0 Å². The lowest BCUT2D eigenvalue weighted by molar-refractivity contribution is -0.165. The van der Waals surface area contributed by atoms with Crippen LogP contribution in [0.3, 0.4) is 0 Å². The van der Waals surface area contributed by atoms with E-state index in [4.69, 9.17) is 9.47 Å². The molecule has 8 nitrogen and oxygen atoms in total. The van der Waals surface area contributed by atoms with Crippen LogP contribution in [-0.4, -0.2) is 81.3 Å². The highest BCUT2D eigenvalue weighted by Gasteiger charge is 2.76. The number of esters is 1. The molecule has 0 radical (unpaired) electrons. The maximum absolute atomic E-state index is 14.8. The van der Waals surface area contributed by atoms with Crippen LogP contribution in [0.2, 0.25) is 0 Å². The number of hydrogen-bond acceptors (Lipinski definition) is 6. The third-order valence-electron chi connectivity index (χ3n) is 9.33. The van der Waals surface area contributed by atoms with Gasteiger partial charge in [0, 0.05) is 12.1 Å². The first-order chi connectivity index (χ1) is 18.7. The van der Waals surface area contributed by atoms with Gasteiger partial charge in [0.15, 0.2) is 0 Å². The summed E-state index contributed by atoms with van der Waals surface area (Å²) in [5.41, 5.74) is -2.99. The molecule has 0 aliphatic carbocycles. The molecule has 8 heteroatoms. The van der Waals surface area contributed by atoms with Gasteiger partial charge in [-0.1, -0.05) is 65.8 Å². The van der Waals surface area contributed by atoms with Gasteiger partial charge in [-0.3, -0.25) is 14.4 Å². The number of aliphatic hydroxyl groups excluding tert-OH is 1. The summed E-state index contributed by atoms with van der Waals surface area (Å²) in [6, 6.07) is -1.61. The molecular formula is C32H50N2O6. The molecule has 6 atom stereocenters. The van der Waals surface area contributed by atoms with Gasteiger partial charge in [0.1, 0.15) is 23.2 Å². The normalized spacial score (nSPS) is 34.8. The summed E-state index contributed by atoms with van der Waals surface area (Å²) in [7, 11) is 0. The molecular weight excluding hydrogens is 508 g/mol. The summed E-state index contributed by atoms with van der Waals surface area (Å²) in [4.78, 5) is 46.6. The Morgan fingerprint density at radius 3 is 2.33 bits per heavy atom. The van der Waals surface area contributed by atoms with Crippen molar-refractivity contribution in [2.24, 2.45) is 23.2 Å². The van der Waals surface area contributed by atoms with Crippen LogP contribution in [0.5, 0.6) is 0 Å². The molecule has 4 heterocycles. The van der Waals surface area contributed by atoms with E-state index in [1.54, 1.807) is 4.90 Å². The highest BCUT2D eigenvalue weighted by molar-refractivity contribution is 5.99. The Morgan fingerprint density at radius 1 is 1.02 bits per heavy atom. The fourth-order valence-electron chi connectivity index (χ4n) is 7.89. The first kappa shape index (κ1) is 30.8. The van der Waals surface area contributed by atoms with E-state index in [2.05, 4.69) is 40.7 Å². The van der Waals surface area contributed by atoms with Crippen LogP contribution in [-0.2, 0) is 23.9 Å². The average Bonchev–Trinajstić information content (AvgIpc) is 3.19. The van der Waals surface area contributed by atoms with Gasteiger partial charge < -0.3 is 24.4 Å². The fourth-order valence-corrected chi connectivity index (χ4v) is 7.89. The van der Waals surface area contributed by atoms with Crippen molar-refractivity contribution in [3.63, 3.8) is 0 Å². The molecule has 40 heavy (non-hydrogen) atoms. The van der Waals surface area contributed by atoms with Crippen LogP contribution in [0.15, 0.2) is 24.3 Å². The highest BCUT2D eigenvalue weighted by atomic mass is 16.6. The van der Waals surface area contributed by atoms with E-state index in [-0.39, 0.29) is 29.8 Å². The molecule has 0 bridgehead atoms. The first-order valence-electron chi connectivity index (χ1n) is 15.1. The number of cyclic esters (lactones) is 1. The predicted molar refractivity (Wildman–Crippen MR) is 153 cm³/mol. The van der Waals surface area contributed by atoms with Crippen molar-refractivity contribution in [1.82, 2.24) is 9.80 Å². The van der Waals surface area contributed by atoms with Crippen molar-refractivity contribution >= 4 is 17.8 Å². The fraction of sp³-hybridized carbons (Fsp3) is 0.781. The minimum absolute atomic E-state index is 0.0378. The van der Waals surface area contributed by atoms with Gasteiger partial charge in [-0.05, 0) is 57.3 Å². The standard InChI is InChI=1S/C32H50N2O6/c1-9-31-15-12-10-11-13-18-39-28(38)24(31)23-26(36)34(22(19-35)21(2)3)25-27(37)33(17-14-16-32(23,25)40-31)30(7,8)20-29(4,5)6/h12,14-16,21-25,35H,9-11,13,17-20H2,1-8H3/b15-12-/t22-,23-,24+,25?,31-,32-/m0/s1. The van der Waals surface area contributed by atoms with E-state index in [0.29, 0.717) is 19.6 Å². The lowest BCUT2D eigenvalue weighted by Crippen LogP contribution is -2.62. The Balaban J connectivity index is 1.93. The number of aliphatic hydroxyl groups is 1. The van der Waals surface area contributed by atoms with Gasteiger partial charge in [-0.25, -0.2) is 0 Å². The minimum Gasteiger partial charge on any atom is -0.465 e. The molecule has 224 valence electrons. The molecule has 4 rings (SSSR count). The van der Waals surface area contributed by atoms with E-state index in [1.165, 1.54) is 0 Å². The number of amides is 2. The van der Waals surface area contributed by atoms with E-state index in [0.717, 1.165) is 25.7 Å². The minimum atomic E-state index is -1.36. The SMILES string of the molecule is CC[C@]12/C=C\CCCCOC(=O)[C@H]1[C@H]1C(=O)N([C@@H](CO)C(C)C)C3C(=O)N(C(C)(C)CC(C)(C)C)CC=C[C@@]31O2. The van der Waals surface area contributed by atoms with Gasteiger partial charge in [-0.2, -0.15) is 0 Å². The number of fused-ring (bicyclic) bond motifs is 2. The largest absolute Gasteiger partial charge is 0.465 e. The van der Waals surface area contributed by atoms with Gasteiger partial charge in [0.2, 0.25) is 11.8 Å². The van der Waals surface area contributed by atoms with Crippen LogP contribution in [0, 0.1) is 23.2 Å². The van der Waals surface area contributed by atoms with Crippen molar-refractivity contribution in [3.8, 4) is 0 Å². The maximum Gasteiger partial charge on any atom is 0.313 e. The Bertz CT molecular complexity index is 1060. The number of rotatable bonds is 6. The molecule has 0 aromatic heterocycles. The van der Waals surface area contributed by atoms with Crippen molar-refractivity contribution in [3.05, 3.63) is 24.3 Å². The van der Waals surface area contributed by atoms with Gasteiger partial charge in [0.05, 0.1) is 25.2 Å². The lowest BCUT2D eigenvalue weighted by atomic mass is 9.73. The molecule has 0 aromatic rings. The van der Waals surface area contributed by atoms with Gasteiger partial charge in [0.25, 0.3) is 0 Å². The van der Waals surface area contributed by atoms with Crippen LogP contribution in [0.4, 0.5) is 0 Å². The maximum atomic E-state index is 14.8. The topological polar surface area (TPSA) is 96.4 Å². The van der Waals surface area contributed by atoms with Crippen molar-refractivity contribution in [2.45, 2.75) is 116 Å². The quantitative estimate of drug-likeness (QED) is 0.387. The summed E-state index contributed by atoms with van der Waals surface area (Å²) in [5.74, 6) is -2.94. The third-order valence-corrected chi connectivity index (χ3v) is 9.33. The van der Waals surface area contributed by atoms with Crippen LogP contribution in [0.25, 0.3) is 0 Å².